The van der Waals surface area contributed by atoms with Crippen LogP contribution in [0.25, 0.3) is 0 Å². The molecule has 0 aromatic rings. The van der Waals surface area contributed by atoms with E-state index in [0.717, 1.165) is 89.9 Å². The minimum atomic E-state index is -4.29. The Morgan fingerprint density at radius 3 is 1.30 bits per heavy atom. The average Bonchev–Trinajstić information content (AvgIpc) is 3.24. The molecule has 0 rings (SSSR count). The molecule has 0 saturated carbocycles. The maximum atomic E-state index is 12.8. The molecular weight excluding hydrogens is 806 g/mol. The highest BCUT2D eigenvalue weighted by molar-refractivity contribution is 7.47. The molecule has 0 aromatic carbocycles. The number of rotatable bonds is 46. The Bertz CT molecular complexity index is 1280. The van der Waals surface area contributed by atoms with E-state index in [9.17, 15) is 14.3 Å². The third-order valence-electron chi connectivity index (χ3n) is 10.5. The van der Waals surface area contributed by atoms with Gasteiger partial charge in [0, 0.05) is 13.0 Å². The lowest BCUT2D eigenvalue weighted by Crippen LogP contribution is -2.37. The SMILES string of the molecule is CC/C=C\C/C=C\C/C=C\C/C=C\CCCCCCCCCCCCCCC(=O)OC(COCCCCCCCC/C=C\C/C=C\C/C=C\CC)COP(=O)(O)OCC[N+](C)(C)C. The molecular formula is C54H97NO7P+. The third-order valence-corrected chi connectivity index (χ3v) is 11.4. The van der Waals surface area contributed by atoms with Crippen LogP contribution in [0.5, 0.6) is 0 Å². The van der Waals surface area contributed by atoms with Crippen molar-refractivity contribution in [2.75, 3.05) is 54.1 Å². The van der Waals surface area contributed by atoms with Crippen molar-refractivity contribution in [1.29, 1.82) is 0 Å². The predicted molar refractivity (Wildman–Crippen MR) is 270 cm³/mol. The highest BCUT2D eigenvalue weighted by atomic mass is 31.2. The summed E-state index contributed by atoms with van der Waals surface area (Å²) in [6, 6.07) is 0. The molecule has 0 bridgehead atoms. The smallest absolute Gasteiger partial charge is 0.457 e. The number of unbranched alkanes of at least 4 members (excludes halogenated alkanes) is 18. The van der Waals surface area contributed by atoms with E-state index in [1.165, 1.54) is 83.5 Å². The van der Waals surface area contributed by atoms with Crippen LogP contribution in [0.1, 0.15) is 194 Å². The van der Waals surface area contributed by atoms with Gasteiger partial charge < -0.3 is 18.9 Å². The third kappa shape index (κ3) is 50.5. The molecule has 0 saturated heterocycles. The van der Waals surface area contributed by atoms with Crippen LogP contribution >= 0.6 is 7.82 Å². The number of carbonyl (C=O) groups excluding carboxylic acids is 1. The van der Waals surface area contributed by atoms with Gasteiger partial charge in [-0.2, -0.15) is 0 Å². The average molecular weight is 903 g/mol. The maximum absolute atomic E-state index is 12.8. The molecule has 63 heavy (non-hydrogen) atoms. The van der Waals surface area contributed by atoms with Crippen molar-refractivity contribution in [3.63, 3.8) is 0 Å². The van der Waals surface area contributed by atoms with E-state index in [1.807, 2.05) is 21.1 Å². The van der Waals surface area contributed by atoms with Crippen LogP contribution in [0, 0.1) is 0 Å². The van der Waals surface area contributed by atoms with E-state index in [1.54, 1.807) is 0 Å². The maximum Gasteiger partial charge on any atom is 0.472 e. The topological polar surface area (TPSA) is 91.3 Å². The lowest BCUT2D eigenvalue weighted by molar-refractivity contribution is -0.870. The summed E-state index contributed by atoms with van der Waals surface area (Å²) in [5.41, 5.74) is 0. The Hall–Kier alpha value is -2.32. The van der Waals surface area contributed by atoms with Crippen LogP contribution in [0.3, 0.4) is 0 Å². The van der Waals surface area contributed by atoms with E-state index in [2.05, 4.69) is 98.9 Å². The number of likely N-dealkylation sites (N-methyl/N-ethyl adjacent to an activating group) is 1. The molecule has 364 valence electrons. The van der Waals surface area contributed by atoms with Gasteiger partial charge in [-0.25, -0.2) is 4.57 Å². The molecule has 9 heteroatoms. The van der Waals surface area contributed by atoms with Crippen molar-refractivity contribution in [3.8, 4) is 0 Å². The van der Waals surface area contributed by atoms with Gasteiger partial charge in [-0.15, -0.1) is 0 Å². The Morgan fingerprint density at radius 2 is 0.873 bits per heavy atom. The molecule has 0 amide bonds. The Balaban J connectivity index is 4.14. The van der Waals surface area contributed by atoms with Gasteiger partial charge in [0.2, 0.25) is 0 Å². The zero-order chi connectivity index (χ0) is 46.2. The molecule has 0 radical (unpaired) electrons. The van der Waals surface area contributed by atoms with Crippen LogP contribution in [0.15, 0.2) is 85.1 Å². The second-order valence-electron chi connectivity index (χ2n) is 17.8. The van der Waals surface area contributed by atoms with Gasteiger partial charge in [0.25, 0.3) is 0 Å². The fraction of sp³-hybridized carbons (Fsp3) is 0.722. The van der Waals surface area contributed by atoms with Gasteiger partial charge in [-0.05, 0) is 83.5 Å². The summed E-state index contributed by atoms with van der Waals surface area (Å²) in [5.74, 6) is -0.324. The van der Waals surface area contributed by atoms with E-state index in [-0.39, 0.29) is 25.8 Å². The van der Waals surface area contributed by atoms with Crippen molar-refractivity contribution in [3.05, 3.63) is 85.1 Å². The van der Waals surface area contributed by atoms with Gasteiger partial charge in [0.1, 0.15) is 19.3 Å². The Labute approximate surface area is 388 Å². The number of phosphoric ester groups is 1. The molecule has 2 unspecified atom stereocenters. The number of hydrogen-bond acceptors (Lipinski definition) is 6. The lowest BCUT2D eigenvalue weighted by Gasteiger charge is -2.24. The molecule has 2 atom stereocenters. The van der Waals surface area contributed by atoms with Gasteiger partial charge >= 0.3 is 13.8 Å². The summed E-state index contributed by atoms with van der Waals surface area (Å²) in [6.07, 6.45) is 62.0. The van der Waals surface area contributed by atoms with E-state index >= 15 is 0 Å². The second-order valence-corrected chi connectivity index (χ2v) is 19.2. The first-order chi connectivity index (χ1) is 30.6. The quantitative estimate of drug-likeness (QED) is 0.0214. The van der Waals surface area contributed by atoms with Gasteiger partial charge in [0.05, 0.1) is 34.4 Å². The molecule has 0 fully saturated rings. The molecule has 0 aromatic heterocycles. The van der Waals surface area contributed by atoms with Gasteiger partial charge in [-0.1, -0.05) is 189 Å². The minimum Gasteiger partial charge on any atom is -0.457 e. The number of phosphoric acid groups is 1. The van der Waals surface area contributed by atoms with Crippen LogP contribution in [0.2, 0.25) is 0 Å². The minimum absolute atomic E-state index is 0.0815. The van der Waals surface area contributed by atoms with E-state index in [4.69, 9.17) is 18.5 Å². The molecule has 0 spiro atoms. The van der Waals surface area contributed by atoms with Crippen LogP contribution < -0.4 is 0 Å². The zero-order valence-electron chi connectivity index (χ0n) is 41.3. The van der Waals surface area contributed by atoms with Crippen LogP contribution in [-0.2, 0) is 27.9 Å². The zero-order valence-corrected chi connectivity index (χ0v) is 42.2. The summed E-state index contributed by atoms with van der Waals surface area (Å²) < 4.78 is 35.1. The first-order valence-electron chi connectivity index (χ1n) is 25.3. The predicted octanol–water partition coefficient (Wildman–Crippen LogP) is 15.6. The number of ether oxygens (including phenoxy) is 2. The summed E-state index contributed by atoms with van der Waals surface area (Å²) in [7, 11) is 1.65. The summed E-state index contributed by atoms with van der Waals surface area (Å²) in [5, 5.41) is 0. The molecule has 0 aliphatic rings. The summed E-state index contributed by atoms with van der Waals surface area (Å²) in [6.45, 7) is 5.36. The fourth-order valence-corrected chi connectivity index (χ4v) is 7.36. The Kier molecular flexibility index (Phi) is 44.5. The first-order valence-corrected chi connectivity index (χ1v) is 26.8. The highest BCUT2D eigenvalue weighted by Crippen LogP contribution is 2.43. The van der Waals surface area contributed by atoms with Crippen molar-refractivity contribution in [2.24, 2.45) is 0 Å². The number of quaternary nitrogens is 1. The lowest BCUT2D eigenvalue weighted by atomic mass is 10.0. The van der Waals surface area contributed by atoms with Gasteiger partial charge in [-0.3, -0.25) is 13.8 Å². The fourth-order valence-electron chi connectivity index (χ4n) is 6.62. The van der Waals surface area contributed by atoms with Crippen molar-refractivity contribution in [1.82, 2.24) is 0 Å². The van der Waals surface area contributed by atoms with Crippen LogP contribution in [0.4, 0.5) is 0 Å². The number of esters is 1. The molecule has 0 aliphatic heterocycles. The van der Waals surface area contributed by atoms with Crippen molar-refractivity contribution < 1.29 is 37.3 Å². The largest absolute Gasteiger partial charge is 0.472 e. The number of hydrogen-bond donors (Lipinski definition) is 1. The summed E-state index contributed by atoms with van der Waals surface area (Å²) >= 11 is 0. The van der Waals surface area contributed by atoms with Crippen molar-refractivity contribution in [2.45, 2.75) is 200 Å². The normalized spacial score (nSPS) is 14.3. The molecule has 0 aliphatic carbocycles. The number of allylic oxidation sites excluding steroid dienone is 14. The number of nitrogens with zero attached hydrogens (tertiary/aromatic N) is 1. The monoisotopic (exact) mass is 903 g/mol. The highest BCUT2D eigenvalue weighted by Gasteiger charge is 2.26. The molecule has 1 N–H and O–H groups in total. The van der Waals surface area contributed by atoms with Crippen molar-refractivity contribution >= 4 is 13.8 Å². The standard InChI is InChI=1S/C54H96NO7P/c1-6-8-10-12-14-16-18-20-22-24-25-26-27-28-29-30-31-32-33-35-37-39-41-43-45-47-54(56)62-53(52-61-63(57,58)60-50-48-55(3,4)5)51-59-49-46-44-42-40-38-36-34-23-21-19-17-15-13-11-9-7-2/h8-11,14-17,20-23,25-26,53H,6-7,12-13,18-19,24,27-52H2,1-5H3/p+1/b10-8-,11-9-,16-14-,17-15-,22-20-,23-21-,26-25-. The Morgan fingerprint density at radius 1 is 0.492 bits per heavy atom. The van der Waals surface area contributed by atoms with E-state index in [0.29, 0.717) is 24.1 Å². The van der Waals surface area contributed by atoms with Crippen LogP contribution in [-0.4, -0.2) is 75.6 Å². The number of carbonyl (C=O) groups is 1. The second kappa shape index (κ2) is 46.2. The summed E-state index contributed by atoms with van der Waals surface area (Å²) in [4.78, 5) is 23.0. The first kappa shape index (κ1) is 60.7. The van der Waals surface area contributed by atoms with E-state index < -0.39 is 13.9 Å². The molecule has 8 nitrogen and oxygen atoms in total. The molecule has 0 heterocycles. The van der Waals surface area contributed by atoms with Gasteiger partial charge in [0.15, 0.2) is 0 Å².